The summed E-state index contributed by atoms with van der Waals surface area (Å²) in [6.07, 6.45) is 0. The summed E-state index contributed by atoms with van der Waals surface area (Å²) in [5, 5.41) is 0. The molecule has 1 amide bonds. The van der Waals surface area contributed by atoms with E-state index in [1.165, 1.54) is 12.0 Å². The summed E-state index contributed by atoms with van der Waals surface area (Å²) in [5.41, 5.74) is 1.53. The van der Waals surface area contributed by atoms with Crippen LogP contribution in [0.15, 0.2) is 54.6 Å². The molecule has 1 aliphatic rings. The fourth-order valence-corrected chi connectivity index (χ4v) is 2.89. The van der Waals surface area contributed by atoms with Gasteiger partial charge in [-0.25, -0.2) is 0 Å². The summed E-state index contributed by atoms with van der Waals surface area (Å²) in [5.74, 6) is -2.26. The second-order valence-electron chi connectivity index (χ2n) is 5.66. The largest absolute Gasteiger partial charge is 0.468 e. The predicted octanol–water partition coefficient (Wildman–Crippen LogP) is 2.31. The van der Waals surface area contributed by atoms with E-state index in [2.05, 4.69) is 0 Å². The van der Waals surface area contributed by atoms with Crippen molar-refractivity contribution >= 4 is 17.7 Å². The van der Waals surface area contributed by atoms with E-state index >= 15 is 0 Å². The van der Waals surface area contributed by atoms with Gasteiger partial charge in [0.05, 0.1) is 12.7 Å². The van der Waals surface area contributed by atoms with E-state index in [4.69, 9.17) is 4.74 Å². The van der Waals surface area contributed by atoms with Crippen LogP contribution in [-0.4, -0.2) is 36.2 Å². The Morgan fingerprint density at radius 2 is 1.67 bits per heavy atom. The highest BCUT2D eigenvalue weighted by molar-refractivity contribution is 6.16. The van der Waals surface area contributed by atoms with Gasteiger partial charge in [0.25, 0.3) is 5.91 Å². The second-order valence-corrected chi connectivity index (χ2v) is 5.66. The zero-order chi connectivity index (χ0) is 17.1. The zero-order valence-electron chi connectivity index (χ0n) is 13.3. The number of benzene rings is 2. The third kappa shape index (κ3) is 2.93. The van der Waals surface area contributed by atoms with Crippen molar-refractivity contribution in [2.45, 2.75) is 6.54 Å². The summed E-state index contributed by atoms with van der Waals surface area (Å²) in [4.78, 5) is 39.2. The molecule has 1 aliphatic heterocycles. The number of methoxy groups -OCH3 is 1. The molecule has 0 N–H and O–H groups in total. The summed E-state index contributed by atoms with van der Waals surface area (Å²) < 4.78 is 4.77. The van der Waals surface area contributed by atoms with Gasteiger partial charge in [0.2, 0.25) is 0 Å². The van der Waals surface area contributed by atoms with E-state index in [0.29, 0.717) is 12.1 Å². The van der Waals surface area contributed by atoms with Crippen molar-refractivity contribution < 1.29 is 19.1 Å². The molecule has 2 aromatic carbocycles. The fraction of sp³-hybridized carbons (Fsp3) is 0.211. The predicted molar refractivity (Wildman–Crippen MR) is 87.5 cm³/mol. The number of ketones is 1. The second kappa shape index (κ2) is 6.66. The van der Waals surface area contributed by atoms with Crippen LogP contribution in [0.2, 0.25) is 0 Å². The normalized spacial score (nSPS) is 17.2. The van der Waals surface area contributed by atoms with Crippen LogP contribution in [0.1, 0.15) is 26.3 Å². The molecular weight excluding hydrogens is 306 g/mol. The molecule has 1 heterocycles. The smallest absolute Gasteiger partial charge is 0.318 e. The van der Waals surface area contributed by atoms with Gasteiger partial charge in [-0.1, -0.05) is 48.5 Å². The van der Waals surface area contributed by atoms with Gasteiger partial charge in [0, 0.05) is 18.7 Å². The van der Waals surface area contributed by atoms with Crippen LogP contribution in [0.3, 0.4) is 0 Å². The number of esters is 1. The molecular formula is C19H17NO4. The van der Waals surface area contributed by atoms with Gasteiger partial charge in [0.1, 0.15) is 5.92 Å². The molecule has 0 aliphatic carbocycles. The first-order chi connectivity index (χ1) is 11.6. The monoisotopic (exact) mass is 323 g/mol. The molecule has 0 saturated heterocycles. The van der Waals surface area contributed by atoms with E-state index in [1.807, 2.05) is 30.3 Å². The molecule has 0 spiro atoms. The van der Waals surface area contributed by atoms with Crippen molar-refractivity contribution in [1.82, 2.24) is 4.90 Å². The van der Waals surface area contributed by atoms with Gasteiger partial charge in [0.15, 0.2) is 5.78 Å². The molecule has 0 saturated carbocycles. The number of hydrogen-bond acceptors (Lipinski definition) is 4. The van der Waals surface area contributed by atoms with Crippen LogP contribution < -0.4 is 0 Å². The van der Waals surface area contributed by atoms with Crippen LogP contribution >= 0.6 is 0 Å². The molecule has 0 aromatic heterocycles. The highest BCUT2D eigenvalue weighted by atomic mass is 16.5. The minimum atomic E-state index is -1.01. The lowest BCUT2D eigenvalue weighted by Crippen LogP contribution is -2.37. The van der Waals surface area contributed by atoms with Crippen LogP contribution in [0.5, 0.6) is 0 Å². The summed E-state index contributed by atoms with van der Waals surface area (Å²) in [6, 6.07) is 16.1. The van der Waals surface area contributed by atoms with Crippen molar-refractivity contribution in [2.75, 3.05) is 13.7 Å². The SMILES string of the molecule is COC(=O)C1CN(Cc2ccccc2)C(=O)c2ccccc2C1=O. The average Bonchev–Trinajstić information content (AvgIpc) is 2.73. The third-order valence-electron chi connectivity index (χ3n) is 4.13. The molecule has 2 aromatic rings. The Morgan fingerprint density at radius 3 is 2.33 bits per heavy atom. The molecule has 5 heteroatoms. The zero-order valence-corrected chi connectivity index (χ0v) is 13.3. The van der Waals surface area contributed by atoms with Crippen LogP contribution in [0.25, 0.3) is 0 Å². The van der Waals surface area contributed by atoms with Crippen molar-refractivity contribution in [3.63, 3.8) is 0 Å². The highest BCUT2D eigenvalue weighted by Gasteiger charge is 2.38. The molecule has 1 unspecified atom stereocenters. The number of rotatable bonds is 3. The lowest BCUT2D eigenvalue weighted by molar-refractivity contribution is -0.144. The van der Waals surface area contributed by atoms with Crippen molar-refractivity contribution in [2.24, 2.45) is 5.92 Å². The van der Waals surface area contributed by atoms with E-state index in [-0.39, 0.29) is 23.8 Å². The Morgan fingerprint density at radius 1 is 1.04 bits per heavy atom. The number of Topliss-reactive ketones (excluding diaryl/α,β-unsaturated/α-hetero) is 1. The summed E-state index contributed by atoms with van der Waals surface area (Å²) in [7, 11) is 1.25. The molecule has 24 heavy (non-hydrogen) atoms. The van der Waals surface area contributed by atoms with Gasteiger partial charge >= 0.3 is 5.97 Å². The van der Waals surface area contributed by atoms with Crippen LogP contribution in [-0.2, 0) is 16.1 Å². The Hall–Kier alpha value is -2.95. The Bertz CT molecular complexity index is 785. The van der Waals surface area contributed by atoms with Gasteiger partial charge in [-0.15, -0.1) is 0 Å². The molecule has 0 fully saturated rings. The summed E-state index contributed by atoms with van der Waals surface area (Å²) in [6.45, 7) is 0.336. The first kappa shape index (κ1) is 15.9. The Kier molecular flexibility index (Phi) is 4.42. The number of amides is 1. The maximum Gasteiger partial charge on any atom is 0.318 e. The maximum absolute atomic E-state index is 12.9. The maximum atomic E-state index is 12.9. The van der Waals surface area contributed by atoms with E-state index in [0.717, 1.165) is 5.56 Å². The fourth-order valence-electron chi connectivity index (χ4n) is 2.89. The number of ether oxygens (including phenoxy) is 1. The van der Waals surface area contributed by atoms with Crippen LogP contribution in [0, 0.1) is 5.92 Å². The minimum Gasteiger partial charge on any atom is -0.468 e. The van der Waals surface area contributed by atoms with E-state index in [1.54, 1.807) is 24.3 Å². The van der Waals surface area contributed by atoms with Gasteiger partial charge in [-0.05, 0) is 11.6 Å². The number of carbonyl (C=O) groups is 3. The third-order valence-corrected chi connectivity index (χ3v) is 4.13. The topological polar surface area (TPSA) is 63.7 Å². The summed E-state index contributed by atoms with van der Waals surface area (Å²) >= 11 is 0. The van der Waals surface area contributed by atoms with Gasteiger partial charge in [-0.3, -0.25) is 14.4 Å². The first-order valence-corrected chi connectivity index (χ1v) is 7.66. The molecule has 0 bridgehead atoms. The standard InChI is InChI=1S/C19H17NO4/c1-24-19(23)16-12-20(11-13-7-3-2-4-8-13)18(22)15-10-6-5-9-14(15)17(16)21/h2-10,16H,11-12H2,1H3. The van der Waals surface area contributed by atoms with Gasteiger partial charge in [-0.2, -0.15) is 0 Å². The number of nitrogens with zero attached hydrogens (tertiary/aromatic N) is 1. The molecule has 0 radical (unpaired) electrons. The average molecular weight is 323 g/mol. The van der Waals surface area contributed by atoms with E-state index < -0.39 is 11.9 Å². The quantitative estimate of drug-likeness (QED) is 0.642. The number of fused-ring (bicyclic) bond motifs is 1. The lowest BCUT2D eigenvalue weighted by Gasteiger charge is -2.23. The molecule has 1 atom stereocenters. The number of hydrogen-bond donors (Lipinski definition) is 0. The Balaban J connectivity index is 2.02. The van der Waals surface area contributed by atoms with E-state index in [9.17, 15) is 14.4 Å². The molecule has 5 nitrogen and oxygen atoms in total. The highest BCUT2D eigenvalue weighted by Crippen LogP contribution is 2.24. The van der Waals surface area contributed by atoms with Crippen LogP contribution in [0.4, 0.5) is 0 Å². The molecule has 122 valence electrons. The lowest BCUT2D eigenvalue weighted by atomic mass is 9.96. The molecule has 3 rings (SSSR count). The van der Waals surface area contributed by atoms with Gasteiger partial charge < -0.3 is 9.64 Å². The number of carbonyl (C=O) groups excluding carboxylic acids is 3. The minimum absolute atomic E-state index is 0.00785. The van der Waals surface area contributed by atoms with Crippen molar-refractivity contribution in [3.05, 3.63) is 71.3 Å². The van der Waals surface area contributed by atoms with Crippen molar-refractivity contribution in [1.29, 1.82) is 0 Å². The Labute approximate surface area is 139 Å². The first-order valence-electron chi connectivity index (χ1n) is 7.66. The van der Waals surface area contributed by atoms with Crippen molar-refractivity contribution in [3.8, 4) is 0 Å².